The zero-order chi connectivity index (χ0) is 31.0. The van der Waals surface area contributed by atoms with E-state index in [1.54, 1.807) is 0 Å². The van der Waals surface area contributed by atoms with Crippen molar-refractivity contribution in [2.75, 3.05) is 24.7 Å². The van der Waals surface area contributed by atoms with E-state index in [4.69, 9.17) is 50.8 Å². The first-order valence-electron chi connectivity index (χ1n) is 12.8. The van der Waals surface area contributed by atoms with Crippen LogP contribution in [0.25, 0.3) is 22.3 Å². The molecule has 3 aliphatic heterocycles. The van der Waals surface area contributed by atoms with Crippen LogP contribution in [0.4, 0.5) is 16.2 Å². The third-order valence-corrected chi connectivity index (χ3v) is 10.3. The predicted octanol–water partition coefficient (Wildman–Crippen LogP) is 0.719. The number of hydrogen-bond acceptors (Lipinski definition) is 16. The van der Waals surface area contributed by atoms with E-state index in [2.05, 4.69) is 42.2 Å². The van der Waals surface area contributed by atoms with Gasteiger partial charge in [-0.25, -0.2) is 28.9 Å². The lowest BCUT2D eigenvalue weighted by atomic mass is 10.1. The number of anilines is 2. The zero-order valence-electron chi connectivity index (χ0n) is 22.0. The van der Waals surface area contributed by atoms with Crippen molar-refractivity contribution in [2.45, 2.75) is 49.5 Å². The minimum atomic E-state index is -4.26. The van der Waals surface area contributed by atoms with Crippen LogP contribution >= 0.6 is 25.8 Å². The van der Waals surface area contributed by atoms with Gasteiger partial charge in [0.25, 0.3) is 5.56 Å². The van der Waals surface area contributed by atoms with Crippen molar-refractivity contribution >= 4 is 71.7 Å². The summed E-state index contributed by atoms with van der Waals surface area (Å²) in [6.07, 6.45) is -5.32. The second kappa shape index (κ2) is 11.0. The van der Waals surface area contributed by atoms with Gasteiger partial charge in [0.2, 0.25) is 5.95 Å². The molecule has 236 valence electrons. The number of aromatic amines is 1. The van der Waals surface area contributed by atoms with Crippen LogP contribution in [0.5, 0.6) is 0 Å². The quantitative estimate of drug-likeness (QED) is 0.143. The van der Waals surface area contributed by atoms with Crippen molar-refractivity contribution in [3.63, 3.8) is 0 Å². The number of nitrogens with zero attached hydrogens (tertiary/aromatic N) is 7. The van der Waals surface area contributed by atoms with Crippen LogP contribution in [0.2, 0.25) is 0 Å². The molecule has 0 aliphatic carbocycles. The molecule has 0 spiro atoms. The lowest BCUT2D eigenvalue weighted by Gasteiger charge is -2.27. The number of nitrogens with two attached hydrogens (primary N) is 2. The number of rotatable bonds is 2. The molecule has 24 heteroatoms. The van der Waals surface area contributed by atoms with E-state index < -0.39 is 68.7 Å². The number of nitrogens with one attached hydrogen (secondary N) is 1. The van der Waals surface area contributed by atoms with Gasteiger partial charge in [-0.05, 0) is 11.8 Å². The second-order valence-electron chi connectivity index (χ2n) is 9.99. The lowest BCUT2D eigenvalue weighted by molar-refractivity contribution is -0.0583. The van der Waals surface area contributed by atoms with Gasteiger partial charge in [-0.1, -0.05) is 12.2 Å². The minimum absolute atomic E-state index is 0.0248. The van der Waals surface area contributed by atoms with Crippen molar-refractivity contribution in [1.29, 1.82) is 0 Å². The van der Waals surface area contributed by atoms with Gasteiger partial charge >= 0.3 is 13.5 Å². The molecule has 0 amide bonds. The van der Waals surface area contributed by atoms with Crippen molar-refractivity contribution in [3.05, 3.63) is 29.3 Å². The van der Waals surface area contributed by atoms with E-state index in [0.29, 0.717) is 0 Å². The third kappa shape index (κ3) is 5.43. The van der Waals surface area contributed by atoms with Crippen molar-refractivity contribution < 1.29 is 41.4 Å². The molecule has 2 bridgehead atoms. The standard InChI is InChI=1S/C20H23FN10O9P2S2/c21-10-13-9(38-19(10)30-5-26-11-14(22)24-4-25-15(11)30)3-36-41(33,43)39-8-1-7(2-35-42(34,44)40-13)37-18(8)31-6-27-12-16(31)28-20(23)29-17(12)32/h4-10,13,18-19H,1-3H2,(H,33,43)(H,34,44)(H2,22,24,25)(H3,23,28,29,32)/t7-,8+,9+,10-,13+,18+,19+,41?,42?/m0/s1. The fourth-order valence-electron chi connectivity index (χ4n) is 5.26. The monoisotopic (exact) mass is 692 g/mol. The van der Waals surface area contributed by atoms with Gasteiger partial charge in [0.05, 0.1) is 32.0 Å². The van der Waals surface area contributed by atoms with E-state index in [0.717, 1.165) is 0 Å². The first kappa shape index (κ1) is 30.1. The smallest absolute Gasteiger partial charge is 0.382 e. The molecule has 44 heavy (non-hydrogen) atoms. The number of imidazole rings is 2. The van der Waals surface area contributed by atoms with E-state index in [1.165, 1.54) is 28.1 Å². The normalized spacial score (nSPS) is 36.6. The predicted molar refractivity (Wildman–Crippen MR) is 154 cm³/mol. The molecular weight excluding hydrogens is 669 g/mol. The van der Waals surface area contributed by atoms with Gasteiger partial charge in [-0.2, -0.15) is 4.98 Å². The molecule has 4 aromatic heterocycles. The summed E-state index contributed by atoms with van der Waals surface area (Å²) in [5.41, 5.74) is 11.4. The van der Waals surface area contributed by atoms with E-state index in [-0.39, 0.29) is 47.1 Å². The summed E-state index contributed by atoms with van der Waals surface area (Å²) in [6, 6.07) is 0. The SMILES string of the molecule is Nc1nc2c(ncn2[C@@H]2O[C@@H]3COP(=O)(S)O[C@H]4[C@H](F)[C@H](n5cnc6c(N)ncnc65)O[C@@H]4COP(O)(=S)O[C@@H]2C3)c(=O)[nH]1. The van der Waals surface area contributed by atoms with Crippen molar-refractivity contribution in [1.82, 2.24) is 39.0 Å². The first-order valence-corrected chi connectivity index (χ1v) is 18.1. The summed E-state index contributed by atoms with van der Waals surface area (Å²) >= 11 is 9.33. The maximum Gasteiger partial charge on any atom is 0.386 e. The highest BCUT2D eigenvalue weighted by Gasteiger charge is 2.52. The largest absolute Gasteiger partial charge is 0.386 e. The second-order valence-corrected chi connectivity index (χ2v) is 15.7. The van der Waals surface area contributed by atoms with Gasteiger partial charge in [0, 0.05) is 6.42 Å². The van der Waals surface area contributed by atoms with Crippen LogP contribution in [0, 0.1) is 0 Å². The molecule has 7 rings (SSSR count). The maximum absolute atomic E-state index is 16.0. The molecule has 9 atom stereocenters. The number of fused-ring (bicyclic) bond motifs is 5. The highest BCUT2D eigenvalue weighted by Crippen LogP contribution is 2.58. The van der Waals surface area contributed by atoms with E-state index in [9.17, 15) is 14.3 Å². The molecule has 2 unspecified atom stereocenters. The van der Waals surface area contributed by atoms with Crippen LogP contribution in [-0.2, 0) is 43.9 Å². The number of aromatic nitrogens is 8. The molecule has 3 fully saturated rings. The first-order chi connectivity index (χ1) is 20.9. The summed E-state index contributed by atoms with van der Waals surface area (Å²) < 4.78 is 66.4. The number of hydrogen-bond donors (Lipinski definition) is 5. The molecule has 7 heterocycles. The fourth-order valence-corrected chi connectivity index (χ4v) is 8.20. The molecule has 19 nitrogen and oxygen atoms in total. The Morgan fingerprint density at radius 2 is 1.77 bits per heavy atom. The summed E-state index contributed by atoms with van der Waals surface area (Å²) in [4.78, 5) is 46.0. The highest BCUT2D eigenvalue weighted by molar-refractivity contribution is 8.44. The Morgan fingerprint density at radius 1 is 1.02 bits per heavy atom. The Bertz CT molecular complexity index is 1910. The molecule has 3 saturated heterocycles. The average Bonchev–Trinajstić information content (AvgIpc) is 3.72. The maximum atomic E-state index is 16.0. The Labute approximate surface area is 255 Å². The van der Waals surface area contributed by atoms with Crippen molar-refractivity contribution in [2.24, 2.45) is 0 Å². The van der Waals surface area contributed by atoms with Crippen LogP contribution in [0.1, 0.15) is 18.9 Å². The molecule has 4 aromatic rings. The molecule has 3 aliphatic rings. The van der Waals surface area contributed by atoms with Crippen LogP contribution < -0.4 is 17.0 Å². The zero-order valence-corrected chi connectivity index (χ0v) is 25.5. The minimum Gasteiger partial charge on any atom is -0.382 e. The number of H-pyrrole nitrogens is 1. The summed E-state index contributed by atoms with van der Waals surface area (Å²) in [7, 11) is 0. The average molecular weight is 693 g/mol. The Morgan fingerprint density at radius 3 is 2.57 bits per heavy atom. The Kier molecular flexibility index (Phi) is 7.53. The Hall–Kier alpha value is -2.62. The van der Waals surface area contributed by atoms with Crippen LogP contribution in [0.15, 0.2) is 23.8 Å². The van der Waals surface area contributed by atoms with E-state index >= 15 is 4.39 Å². The highest BCUT2D eigenvalue weighted by atomic mass is 32.7. The van der Waals surface area contributed by atoms with Crippen LogP contribution in [-0.4, -0.2) is 87.7 Å². The fraction of sp³-hybridized carbons (Fsp3) is 0.500. The molecule has 6 N–H and O–H groups in total. The summed E-state index contributed by atoms with van der Waals surface area (Å²) in [5, 5.41) is 0. The number of ether oxygens (including phenoxy) is 2. The number of halogens is 1. The molecule has 0 radical (unpaired) electrons. The number of nitrogen functional groups attached to an aromatic ring is 2. The number of thiol groups is 1. The van der Waals surface area contributed by atoms with Gasteiger partial charge in [0.15, 0.2) is 41.3 Å². The lowest BCUT2D eigenvalue weighted by Crippen LogP contribution is -2.34. The topological polar surface area (TPSA) is 252 Å². The van der Waals surface area contributed by atoms with Gasteiger partial charge in [-0.3, -0.25) is 28.0 Å². The molecule has 0 aromatic carbocycles. The van der Waals surface area contributed by atoms with Crippen molar-refractivity contribution in [3.8, 4) is 0 Å². The summed E-state index contributed by atoms with van der Waals surface area (Å²) in [6.45, 7) is -9.24. The summed E-state index contributed by atoms with van der Waals surface area (Å²) in [5.74, 6) is -0.0960. The van der Waals surface area contributed by atoms with E-state index in [1.807, 2.05) is 0 Å². The third-order valence-electron chi connectivity index (χ3n) is 7.15. The van der Waals surface area contributed by atoms with Gasteiger partial charge in [0.1, 0.15) is 30.2 Å². The number of alkyl halides is 1. The van der Waals surface area contributed by atoms with Crippen LogP contribution in [0.3, 0.4) is 0 Å². The Balaban J connectivity index is 1.19. The van der Waals surface area contributed by atoms with Gasteiger partial charge in [-0.15, -0.1) is 0 Å². The van der Waals surface area contributed by atoms with Gasteiger partial charge < -0.3 is 34.9 Å². The molecular formula is C20H23FN10O9P2S2. The molecule has 0 saturated carbocycles.